The third-order valence-electron chi connectivity index (χ3n) is 3.27. The first kappa shape index (κ1) is 14.5. The maximum absolute atomic E-state index is 9.12. The van der Waals surface area contributed by atoms with Crippen molar-refractivity contribution in [1.29, 1.82) is 0 Å². The Balaban J connectivity index is 2.36. The zero-order valence-electron chi connectivity index (χ0n) is 12.5. The van der Waals surface area contributed by atoms with Gasteiger partial charge in [0.1, 0.15) is 5.75 Å². The van der Waals surface area contributed by atoms with Crippen LogP contribution in [0.15, 0.2) is 30.5 Å². The van der Waals surface area contributed by atoms with Crippen molar-refractivity contribution in [2.45, 2.75) is 40.2 Å². The number of rotatable bonds is 4. The normalized spacial score (nSPS) is 10.9. The number of pyridine rings is 1. The van der Waals surface area contributed by atoms with Crippen LogP contribution in [0.3, 0.4) is 0 Å². The summed E-state index contributed by atoms with van der Waals surface area (Å²) in [6.07, 6.45) is 1.65. The summed E-state index contributed by atoms with van der Waals surface area (Å²) in [5, 5.41) is 9.12. The highest BCUT2D eigenvalue weighted by Gasteiger charge is 2.11. The van der Waals surface area contributed by atoms with Gasteiger partial charge in [0.05, 0.1) is 6.61 Å². The molecule has 0 amide bonds. The van der Waals surface area contributed by atoms with Crippen molar-refractivity contribution in [1.82, 2.24) is 4.98 Å². The van der Waals surface area contributed by atoms with Crippen LogP contribution in [0, 0.1) is 13.8 Å². The molecule has 0 atom stereocenters. The van der Waals surface area contributed by atoms with Gasteiger partial charge in [0.25, 0.3) is 0 Å². The number of aryl methyl sites for hydroxylation is 2. The maximum Gasteiger partial charge on any atom is 0.222 e. The number of aliphatic hydroxyl groups excluding tert-OH is 1. The van der Waals surface area contributed by atoms with Gasteiger partial charge in [-0.05, 0) is 48.6 Å². The van der Waals surface area contributed by atoms with E-state index in [-0.39, 0.29) is 6.61 Å². The lowest BCUT2D eigenvalue weighted by Gasteiger charge is -2.15. The van der Waals surface area contributed by atoms with E-state index >= 15 is 0 Å². The largest absolute Gasteiger partial charge is 0.438 e. The number of aromatic nitrogens is 1. The van der Waals surface area contributed by atoms with Crippen LogP contribution in [0.1, 0.15) is 42.0 Å². The van der Waals surface area contributed by atoms with Crippen LogP contribution in [-0.4, -0.2) is 10.1 Å². The second-order valence-corrected chi connectivity index (χ2v) is 5.42. The first-order valence-electron chi connectivity index (χ1n) is 6.86. The average Bonchev–Trinajstić information content (AvgIpc) is 2.40. The van der Waals surface area contributed by atoms with Crippen molar-refractivity contribution in [3.8, 4) is 11.6 Å². The molecule has 0 aliphatic rings. The fraction of sp³-hybridized carbons (Fsp3) is 0.353. The van der Waals surface area contributed by atoms with Crippen LogP contribution in [0.2, 0.25) is 0 Å². The van der Waals surface area contributed by atoms with Crippen LogP contribution in [-0.2, 0) is 6.61 Å². The molecular weight excluding hydrogens is 250 g/mol. The van der Waals surface area contributed by atoms with Crippen LogP contribution in [0.4, 0.5) is 0 Å². The Kier molecular flexibility index (Phi) is 4.40. The molecule has 0 fully saturated rings. The zero-order valence-corrected chi connectivity index (χ0v) is 12.5. The van der Waals surface area contributed by atoms with E-state index in [0.717, 1.165) is 22.4 Å². The predicted molar refractivity (Wildman–Crippen MR) is 80.2 cm³/mol. The van der Waals surface area contributed by atoms with Gasteiger partial charge in [-0.2, -0.15) is 0 Å². The summed E-state index contributed by atoms with van der Waals surface area (Å²) < 4.78 is 5.99. The van der Waals surface area contributed by atoms with Crippen LogP contribution >= 0.6 is 0 Å². The first-order chi connectivity index (χ1) is 9.51. The minimum Gasteiger partial charge on any atom is -0.438 e. The highest BCUT2D eigenvalue weighted by Crippen LogP contribution is 2.32. The fourth-order valence-corrected chi connectivity index (χ4v) is 2.12. The molecular formula is C17H21NO2. The highest BCUT2D eigenvalue weighted by molar-refractivity contribution is 5.42. The number of benzene rings is 1. The fourth-order valence-electron chi connectivity index (χ4n) is 2.12. The van der Waals surface area contributed by atoms with Gasteiger partial charge in [0, 0.05) is 11.8 Å². The average molecular weight is 271 g/mol. The Morgan fingerprint density at radius 1 is 1.20 bits per heavy atom. The molecule has 0 radical (unpaired) electrons. The van der Waals surface area contributed by atoms with Crippen LogP contribution in [0.25, 0.3) is 0 Å². The molecule has 3 heteroatoms. The molecule has 20 heavy (non-hydrogen) atoms. The Hall–Kier alpha value is -1.87. The van der Waals surface area contributed by atoms with Gasteiger partial charge >= 0.3 is 0 Å². The van der Waals surface area contributed by atoms with E-state index in [1.54, 1.807) is 6.20 Å². The van der Waals surface area contributed by atoms with Gasteiger partial charge in [-0.3, -0.25) is 0 Å². The molecule has 2 aromatic rings. The first-order valence-corrected chi connectivity index (χ1v) is 6.86. The van der Waals surface area contributed by atoms with Crippen molar-refractivity contribution >= 4 is 0 Å². The molecule has 0 spiro atoms. The second kappa shape index (κ2) is 6.06. The van der Waals surface area contributed by atoms with Gasteiger partial charge in [-0.1, -0.05) is 26.0 Å². The van der Waals surface area contributed by atoms with Crippen molar-refractivity contribution in [3.05, 3.63) is 52.7 Å². The van der Waals surface area contributed by atoms with Crippen LogP contribution < -0.4 is 4.74 Å². The van der Waals surface area contributed by atoms with E-state index in [4.69, 9.17) is 9.84 Å². The number of hydrogen-bond acceptors (Lipinski definition) is 3. The number of ether oxygens (including phenoxy) is 1. The van der Waals surface area contributed by atoms with Crippen molar-refractivity contribution in [2.75, 3.05) is 0 Å². The molecule has 2 rings (SSSR count). The van der Waals surface area contributed by atoms with E-state index in [2.05, 4.69) is 31.0 Å². The third-order valence-corrected chi connectivity index (χ3v) is 3.27. The molecule has 3 nitrogen and oxygen atoms in total. The Bertz CT molecular complexity index is 606. The second-order valence-electron chi connectivity index (χ2n) is 5.42. The zero-order chi connectivity index (χ0) is 14.7. The highest BCUT2D eigenvalue weighted by atomic mass is 16.5. The predicted octanol–water partition coefficient (Wildman–Crippen LogP) is 4.11. The van der Waals surface area contributed by atoms with Crippen molar-refractivity contribution in [3.63, 3.8) is 0 Å². The molecule has 1 heterocycles. The van der Waals surface area contributed by atoms with Gasteiger partial charge in [0.2, 0.25) is 5.88 Å². The Morgan fingerprint density at radius 3 is 2.55 bits per heavy atom. The standard InChI is InChI=1S/C17H21NO2/c1-11(2)15-6-5-12(3)7-16(15)20-17-13(4)8-14(10-19)9-18-17/h5-9,11,19H,10H2,1-4H3. The van der Waals surface area contributed by atoms with Crippen molar-refractivity contribution in [2.24, 2.45) is 0 Å². The maximum atomic E-state index is 9.12. The quantitative estimate of drug-likeness (QED) is 0.910. The van der Waals surface area contributed by atoms with E-state index in [1.807, 2.05) is 26.0 Å². The summed E-state index contributed by atoms with van der Waals surface area (Å²) in [5.41, 5.74) is 4.05. The molecule has 0 saturated carbocycles. The molecule has 106 valence electrons. The van der Waals surface area contributed by atoms with Gasteiger partial charge in [-0.25, -0.2) is 4.98 Å². The monoisotopic (exact) mass is 271 g/mol. The topological polar surface area (TPSA) is 42.4 Å². The molecule has 0 saturated heterocycles. The van der Waals surface area contributed by atoms with Gasteiger partial charge in [0.15, 0.2) is 0 Å². The summed E-state index contributed by atoms with van der Waals surface area (Å²) in [6, 6.07) is 8.13. The van der Waals surface area contributed by atoms with Crippen molar-refractivity contribution < 1.29 is 9.84 Å². The number of nitrogens with zero attached hydrogens (tertiary/aromatic N) is 1. The molecule has 0 aliphatic carbocycles. The molecule has 0 aliphatic heterocycles. The summed E-state index contributed by atoms with van der Waals surface area (Å²) in [7, 11) is 0. The molecule has 0 bridgehead atoms. The lowest BCUT2D eigenvalue weighted by atomic mass is 10.0. The van der Waals surface area contributed by atoms with E-state index in [9.17, 15) is 0 Å². The van der Waals surface area contributed by atoms with E-state index in [1.165, 1.54) is 5.56 Å². The molecule has 0 unspecified atom stereocenters. The summed E-state index contributed by atoms with van der Waals surface area (Å²) in [4.78, 5) is 4.29. The lowest BCUT2D eigenvalue weighted by molar-refractivity contribution is 0.281. The smallest absolute Gasteiger partial charge is 0.222 e. The number of hydrogen-bond donors (Lipinski definition) is 1. The molecule has 1 aromatic heterocycles. The minimum absolute atomic E-state index is 0.00416. The molecule has 1 aromatic carbocycles. The lowest BCUT2D eigenvalue weighted by Crippen LogP contribution is -1.98. The summed E-state index contributed by atoms with van der Waals surface area (Å²) in [6.45, 7) is 8.27. The van der Waals surface area contributed by atoms with Gasteiger partial charge < -0.3 is 9.84 Å². The Labute approximate surface area is 120 Å². The molecule has 1 N–H and O–H groups in total. The van der Waals surface area contributed by atoms with Crippen LogP contribution in [0.5, 0.6) is 11.6 Å². The Morgan fingerprint density at radius 2 is 1.95 bits per heavy atom. The minimum atomic E-state index is -0.00416. The SMILES string of the molecule is Cc1ccc(C(C)C)c(Oc2ncc(CO)cc2C)c1. The summed E-state index contributed by atoms with van der Waals surface area (Å²) in [5.74, 6) is 1.84. The number of aliphatic hydroxyl groups is 1. The van der Waals surface area contributed by atoms with E-state index in [0.29, 0.717) is 11.8 Å². The van der Waals surface area contributed by atoms with Gasteiger partial charge in [-0.15, -0.1) is 0 Å². The summed E-state index contributed by atoms with van der Waals surface area (Å²) >= 11 is 0. The third kappa shape index (κ3) is 3.17. The van der Waals surface area contributed by atoms with E-state index < -0.39 is 0 Å².